The van der Waals surface area contributed by atoms with E-state index in [2.05, 4.69) is 34.6 Å². The molecule has 4 rings (SSSR count). The van der Waals surface area contributed by atoms with E-state index in [-0.39, 0.29) is 0 Å². The molecular formula is C17H14N2OS. The molecule has 0 bridgehead atoms. The van der Waals surface area contributed by atoms with E-state index in [1.165, 1.54) is 15.6 Å². The van der Waals surface area contributed by atoms with Gasteiger partial charge in [-0.1, -0.05) is 30.3 Å². The Kier molecular flexibility index (Phi) is 3.18. The number of hydrogen-bond donors (Lipinski definition) is 1. The molecule has 104 valence electrons. The number of benzene rings is 2. The van der Waals surface area contributed by atoms with Crippen LogP contribution in [-0.2, 0) is 13.1 Å². The van der Waals surface area contributed by atoms with E-state index in [9.17, 15) is 0 Å². The maximum absolute atomic E-state index is 5.55. The van der Waals surface area contributed by atoms with Gasteiger partial charge in [0.1, 0.15) is 10.6 Å². The molecule has 0 aliphatic rings. The highest BCUT2D eigenvalue weighted by atomic mass is 32.1. The van der Waals surface area contributed by atoms with Crippen LogP contribution >= 0.6 is 11.3 Å². The van der Waals surface area contributed by atoms with E-state index in [1.54, 1.807) is 11.3 Å². The van der Waals surface area contributed by atoms with Gasteiger partial charge in [0, 0.05) is 24.0 Å². The van der Waals surface area contributed by atoms with E-state index in [0.717, 1.165) is 29.2 Å². The maximum atomic E-state index is 5.55. The number of aromatic nitrogens is 1. The van der Waals surface area contributed by atoms with Crippen molar-refractivity contribution >= 4 is 32.5 Å². The van der Waals surface area contributed by atoms with Gasteiger partial charge in [-0.2, -0.15) is 0 Å². The lowest BCUT2D eigenvalue weighted by molar-refractivity contribution is 0.602. The molecule has 2 aromatic heterocycles. The summed E-state index contributed by atoms with van der Waals surface area (Å²) in [5.41, 5.74) is 3.20. The normalized spacial score (nSPS) is 11.4. The van der Waals surface area contributed by atoms with Gasteiger partial charge in [-0.25, -0.2) is 4.98 Å². The van der Waals surface area contributed by atoms with Crippen LogP contribution in [0.5, 0.6) is 0 Å². The molecule has 4 aromatic rings. The summed E-state index contributed by atoms with van der Waals surface area (Å²) >= 11 is 1.74. The Morgan fingerprint density at radius 3 is 2.81 bits per heavy atom. The van der Waals surface area contributed by atoms with Crippen LogP contribution in [0.25, 0.3) is 21.2 Å². The van der Waals surface area contributed by atoms with Gasteiger partial charge in [-0.05, 0) is 18.2 Å². The highest BCUT2D eigenvalue weighted by Gasteiger charge is 2.06. The average molecular weight is 294 g/mol. The van der Waals surface area contributed by atoms with Crippen LogP contribution < -0.4 is 5.32 Å². The lowest BCUT2D eigenvalue weighted by Gasteiger charge is -2.00. The molecule has 2 aromatic carbocycles. The molecule has 0 fully saturated rings. The van der Waals surface area contributed by atoms with Gasteiger partial charge in [0.2, 0.25) is 0 Å². The van der Waals surface area contributed by atoms with Crippen LogP contribution in [0, 0.1) is 0 Å². The third-order valence-corrected chi connectivity index (χ3v) is 4.53. The Balaban J connectivity index is 1.47. The lowest BCUT2D eigenvalue weighted by Crippen LogP contribution is -2.12. The number of furan rings is 1. The smallest absolute Gasteiger partial charge is 0.134 e. The van der Waals surface area contributed by atoms with Crippen LogP contribution in [0.15, 0.2) is 59.2 Å². The molecule has 0 radical (unpaired) electrons. The first-order valence-electron chi connectivity index (χ1n) is 6.90. The van der Waals surface area contributed by atoms with E-state index in [4.69, 9.17) is 4.42 Å². The molecule has 2 heterocycles. The Hall–Kier alpha value is -2.17. The molecule has 0 saturated carbocycles. The second-order valence-corrected chi connectivity index (χ2v) is 6.05. The summed E-state index contributed by atoms with van der Waals surface area (Å²) in [6.07, 6.45) is 1.83. The van der Waals surface area contributed by atoms with Crippen LogP contribution in [0.4, 0.5) is 0 Å². The lowest BCUT2D eigenvalue weighted by atomic mass is 10.2. The van der Waals surface area contributed by atoms with Crippen molar-refractivity contribution in [2.24, 2.45) is 0 Å². The summed E-state index contributed by atoms with van der Waals surface area (Å²) in [6.45, 7) is 1.56. The third-order valence-electron chi connectivity index (χ3n) is 3.49. The van der Waals surface area contributed by atoms with Gasteiger partial charge >= 0.3 is 0 Å². The van der Waals surface area contributed by atoms with Crippen molar-refractivity contribution in [3.8, 4) is 0 Å². The number of thiazole rings is 1. The minimum Gasteiger partial charge on any atom is -0.464 e. The summed E-state index contributed by atoms with van der Waals surface area (Å²) in [5, 5.41) is 5.74. The molecule has 4 heteroatoms. The Morgan fingerprint density at radius 2 is 1.86 bits per heavy atom. The van der Waals surface area contributed by atoms with E-state index in [0.29, 0.717) is 0 Å². The quantitative estimate of drug-likeness (QED) is 0.608. The first-order valence-corrected chi connectivity index (χ1v) is 7.72. The van der Waals surface area contributed by atoms with Crippen molar-refractivity contribution in [3.63, 3.8) is 0 Å². The van der Waals surface area contributed by atoms with Crippen molar-refractivity contribution in [2.45, 2.75) is 13.1 Å². The Labute approximate surface area is 126 Å². The zero-order valence-corrected chi connectivity index (χ0v) is 12.2. The number of fused-ring (bicyclic) bond motifs is 2. The molecule has 0 atom stereocenters. The van der Waals surface area contributed by atoms with Gasteiger partial charge in [0.25, 0.3) is 0 Å². The molecule has 0 unspecified atom stereocenters. The second-order valence-electron chi connectivity index (χ2n) is 4.94. The van der Waals surface area contributed by atoms with Crippen molar-refractivity contribution in [3.05, 3.63) is 65.4 Å². The van der Waals surface area contributed by atoms with Crippen molar-refractivity contribution in [1.29, 1.82) is 0 Å². The summed E-state index contributed by atoms with van der Waals surface area (Å²) in [6, 6.07) is 16.4. The summed E-state index contributed by atoms with van der Waals surface area (Å²) in [5.74, 6) is 0. The van der Waals surface area contributed by atoms with Gasteiger partial charge in [-0.3, -0.25) is 0 Å². The molecule has 0 aliphatic carbocycles. The fourth-order valence-corrected chi connectivity index (χ4v) is 3.41. The summed E-state index contributed by atoms with van der Waals surface area (Å²) < 4.78 is 6.79. The summed E-state index contributed by atoms with van der Waals surface area (Å²) in [4.78, 5) is 4.63. The topological polar surface area (TPSA) is 38.1 Å². The minimum atomic E-state index is 0.777. The van der Waals surface area contributed by atoms with E-state index < -0.39 is 0 Å². The summed E-state index contributed by atoms with van der Waals surface area (Å²) in [7, 11) is 0. The minimum absolute atomic E-state index is 0.777. The average Bonchev–Trinajstić information content (AvgIpc) is 3.11. The van der Waals surface area contributed by atoms with Crippen molar-refractivity contribution in [2.75, 3.05) is 0 Å². The Morgan fingerprint density at radius 1 is 1.00 bits per heavy atom. The van der Waals surface area contributed by atoms with Crippen LogP contribution in [0.2, 0.25) is 0 Å². The predicted molar refractivity (Wildman–Crippen MR) is 86.4 cm³/mol. The molecule has 3 nitrogen and oxygen atoms in total. The number of nitrogens with zero attached hydrogens (tertiary/aromatic N) is 1. The maximum Gasteiger partial charge on any atom is 0.134 e. The van der Waals surface area contributed by atoms with E-state index in [1.807, 2.05) is 30.5 Å². The Bertz CT molecular complexity index is 861. The standard InChI is InChI=1S/C17H14N2OS/c1-3-7-15-13(5-1)12(11-20-15)9-18-10-17-19-14-6-2-4-8-16(14)21-17/h1-8,11,18H,9-10H2. The van der Waals surface area contributed by atoms with Gasteiger partial charge in [0.05, 0.1) is 16.5 Å². The molecule has 0 aliphatic heterocycles. The number of rotatable bonds is 4. The zero-order valence-electron chi connectivity index (χ0n) is 11.4. The first-order chi connectivity index (χ1) is 10.4. The van der Waals surface area contributed by atoms with Gasteiger partial charge in [0.15, 0.2) is 0 Å². The zero-order chi connectivity index (χ0) is 14.1. The highest BCUT2D eigenvalue weighted by Crippen LogP contribution is 2.22. The second kappa shape index (κ2) is 5.31. The monoisotopic (exact) mass is 294 g/mol. The van der Waals surface area contributed by atoms with Gasteiger partial charge in [-0.15, -0.1) is 11.3 Å². The molecule has 0 amide bonds. The fourth-order valence-electron chi connectivity index (χ4n) is 2.47. The molecule has 1 N–H and O–H groups in total. The molecule has 0 spiro atoms. The number of hydrogen-bond acceptors (Lipinski definition) is 4. The fraction of sp³-hybridized carbons (Fsp3) is 0.118. The van der Waals surface area contributed by atoms with Crippen LogP contribution in [0.3, 0.4) is 0 Å². The first kappa shape index (κ1) is 12.6. The van der Waals surface area contributed by atoms with Crippen LogP contribution in [0.1, 0.15) is 10.6 Å². The molecular weight excluding hydrogens is 280 g/mol. The number of para-hydroxylation sites is 2. The SMILES string of the molecule is c1ccc2sc(CNCc3coc4ccccc34)nc2c1. The van der Waals surface area contributed by atoms with Crippen LogP contribution in [-0.4, -0.2) is 4.98 Å². The van der Waals surface area contributed by atoms with E-state index >= 15 is 0 Å². The van der Waals surface area contributed by atoms with Crippen molar-refractivity contribution < 1.29 is 4.42 Å². The predicted octanol–water partition coefficient (Wildman–Crippen LogP) is 4.33. The van der Waals surface area contributed by atoms with Gasteiger partial charge < -0.3 is 9.73 Å². The largest absolute Gasteiger partial charge is 0.464 e. The third kappa shape index (κ3) is 2.44. The van der Waals surface area contributed by atoms with Crippen molar-refractivity contribution in [1.82, 2.24) is 10.3 Å². The highest BCUT2D eigenvalue weighted by molar-refractivity contribution is 7.18. The number of nitrogens with one attached hydrogen (secondary N) is 1. The molecule has 0 saturated heterocycles. The molecule has 21 heavy (non-hydrogen) atoms.